The molecule has 0 saturated carbocycles. The van der Waals surface area contributed by atoms with Crippen molar-refractivity contribution >= 4 is 23.0 Å². The molecule has 35 heavy (non-hydrogen) atoms. The quantitative estimate of drug-likeness (QED) is 0.157. The van der Waals surface area contributed by atoms with E-state index in [1.54, 1.807) is 12.1 Å². The van der Waals surface area contributed by atoms with Gasteiger partial charge in [-0.3, -0.25) is 4.79 Å². The number of fused-ring (bicyclic) bond motifs is 2. The van der Waals surface area contributed by atoms with Crippen LogP contribution in [0.1, 0.15) is 63.7 Å². The van der Waals surface area contributed by atoms with Crippen LogP contribution < -0.4 is 10.2 Å². The van der Waals surface area contributed by atoms with Crippen LogP contribution in [-0.2, 0) is 4.74 Å². The molecule has 7 heteroatoms. The number of allylic oxidation sites excluding steroid dienone is 3. The Bertz CT molecular complexity index is 1200. The number of phenols is 3. The van der Waals surface area contributed by atoms with E-state index in [0.717, 1.165) is 31.3 Å². The van der Waals surface area contributed by atoms with E-state index in [1.165, 1.54) is 28.7 Å². The molecular weight excluding hydrogens is 444 g/mol. The smallest absolute Gasteiger partial charge is 0.260 e. The van der Waals surface area contributed by atoms with Gasteiger partial charge in [-0.2, -0.15) is 0 Å². The van der Waals surface area contributed by atoms with Gasteiger partial charge in [0.25, 0.3) is 5.91 Å². The summed E-state index contributed by atoms with van der Waals surface area (Å²) in [6.07, 6.45) is 8.26. The van der Waals surface area contributed by atoms with Crippen LogP contribution in [0.5, 0.6) is 17.2 Å². The summed E-state index contributed by atoms with van der Waals surface area (Å²) in [5.41, 5.74) is 3.48. The maximum atomic E-state index is 13.5. The van der Waals surface area contributed by atoms with Crippen LogP contribution >= 0.6 is 0 Å². The zero-order valence-electron chi connectivity index (χ0n) is 20.8. The maximum absolute atomic E-state index is 13.5. The fraction of sp³-hybridized carbons (Fsp3) is 0.393. The number of phenolic OH excluding ortho intramolecular Hbond substituents is 3. The molecular formula is C28H34N2O5. The molecule has 0 radical (unpaired) electrons. The van der Waals surface area contributed by atoms with Gasteiger partial charge in [-0.15, -0.1) is 0 Å². The summed E-state index contributed by atoms with van der Waals surface area (Å²) in [5.74, 6) is -0.809. The topological polar surface area (TPSA) is 106 Å². The fourth-order valence-corrected chi connectivity index (χ4v) is 4.58. The van der Waals surface area contributed by atoms with Gasteiger partial charge >= 0.3 is 0 Å². The minimum atomic E-state index is -0.339. The molecule has 0 spiro atoms. The Kier molecular flexibility index (Phi) is 6.81. The minimum Gasteiger partial charge on any atom is -0.508 e. The molecule has 2 unspecified atom stereocenters. The first-order chi connectivity index (χ1) is 16.6. The second-order valence-corrected chi connectivity index (χ2v) is 9.93. The number of rotatable bonds is 8. The largest absolute Gasteiger partial charge is 0.508 e. The van der Waals surface area contributed by atoms with Crippen LogP contribution in [0.3, 0.4) is 0 Å². The second kappa shape index (κ2) is 9.66. The molecule has 2 heterocycles. The SMILES string of the molecule is CC(C)=CCCC1(C)OC1CC/C(C)=C/CN1C(=O)c2cccc(O)c2Nc2c(O)cc(O)cc21. The molecule has 0 bridgehead atoms. The van der Waals surface area contributed by atoms with E-state index in [0.29, 0.717) is 5.69 Å². The summed E-state index contributed by atoms with van der Waals surface area (Å²) in [4.78, 5) is 14.9. The fourth-order valence-electron chi connectivity index (χ4n) is 4.58. The van der Waals surface area contributed by atoms with Gasteiger partial charge in [0, 0.05) is 18.7 Å². The Hall–Kier alpha value is -3.45. The van der Waals surface area contributed by atoms with E-state index in [9.17, 15) is 20.1 Å². The first kappa shape index (κ1) is 24.7. The van der Waals surface area contributed by atoms with E-state index in [-0.39, 0.29) is 58.3 Å². The number of epoxide rings is 1. The van der Waals surface area contributed by atoms with Gasteiger partial charge in [0.2, 0.25) is 0 Å². The van der Waals surface area contributed by atoms with Crippen molar-refractivity contribution in [1.82, 2.24) is 0 Å². The van der Waals surface area contributed by atoms with Crippen LogP contribution in [-0.4, -0.2) is 39.5 Å². The van der Waals surface area contributed by atoms with Crippen molar-refractivity contribution in [3.8, 4) is 17.2 Å². The van der Waals surface area contributed by atoms with Gasteiger partial charge < -0.3 is 30.3 Å². The van der Waals surface area contributed by atoms with E-state index in [1.807, 2.05) is 13.0 Å². The Morgan fingerprint density at radius 3 is 2.63 bits per heavy atom. The van der Waals surface area contributed by atoms with Gasteiger partial charge in [0.05, 0.1) is 28.6 Å². The minimum absolute atomic E-state index is 0.0572. The molecule has 0 aliphatic carbocycles. The van der Waals surface area contributed by atoms with Crippen LogP contribution in [0.15, 0.2) is 53.6 Å². The number of ether oxygens (including phenoxy) is 1. The number of aromatic hydroxyl groups is 3. The molecule has 2 aromatic carbocycles. The Morgan fingerprint density at radius 2 is 1.89 bits per heavy atom. The number of hydrogen-bond donors (Lipinski definition) is 4. The molecule has 7 nitrogen and oxygen atoms in total. The van der Waals surface area contributed by atoms with E-state index >= 15 is 0 Å². The summed E-state index contributed by atoms with van der Waals surface area (Å²) < 4.78 is 5.98. The highest BCUT2D eigenvalue weighted by molar-refractivity contribution is 6.15. The van der Waals surface area contributed by atoms with Gasteiger partial charge in [0.15, 0.2) is 0 Å². The number of carbonyl (C=O) groups excluding carboxylic acids is 1. The summed E-state index contributed by atoms with van der Waals surface area (Å²) in [6.45, 7) is 8.66. The zero-order valence-corrected chi connectivity index (χ0v) is 20.8. The number of carbonyl (C=O) groups is 1. The lowest BCUT2D eigenvalue weighted by Crippen LogP contribution is -2.30. The lowest BCUT2D eigenvalue weighted by atomic mass is 9.96. The molecule has 2 aliphatic heterocycles. The number of benzene rings is 2. The average Bonchev–Trinajstić information content (AvgIpc) is 3.46. The van der Waals surface area contributed by atoms with E-state index in [2.05, 4.69) is 32.2 Å². The molecule has 1 amide bonds. The van der Waals surface area contributed by atoms with Crippen molar-refractivity contribution in [2.45, 2.75) is 65.1 Å². The third-order valence-electron chi connectivity index (χ3n) is 6.79. The van der Waals surface area contributed by atoms with Gasteiger partial charge in [-0.1, -0.05) is 29.4 Å². The third kappa shape index (κ3) is 5.30. The van der Waals surface area contributed by atoms with Gasteiger partial charge in [-0.25, -0.2) is 0 Å². The van der Waals surface area contributed by atoms with E-state index < -0.39 is 0 Å². The first-order valence-corrected chi connectivity index (χ1v) is 12.0. The number of nitrogens with zero attached hydrogens (tertiary/aromatic N) is 1. The number of hydrogen-bond acceptors (Lipinski definition) is 6. The number of amides is 1. The highest BCUT2D eigenvalue weighted by Crippen LogP contribution is 2.46. The van der Waals surface area contributed by atoms with Crippen molar-refractivity contribution < 1.29 is 24.9 Å². The molecule has 2 aliphatic rings. The number of para-hydroxylation sites is 1. The standard InChI is InChI=1S/C28H34N2O5/c1-17(2)7-6-13-28(4)24(35-28)11-10-18(3)12-14-30-21-15-19(31)16-23(33)26(21)29-25-20(27(30)34)8-5-9-22(25)32/h5,7-9,12,15-16,24,29,31-33H,6,10-11,13-14H2,1-4H3/b18-12+. The third-order valence-corrected chi connectivity index (χ3v) is 6.79. The Labute approximate surface area is 206 Å². The Morgan fingerprint density at radius 1 is 1.11 bits per heavy atom. The van der Waals surface area contributed by atoms with E-state index in [4.69, 9.17) is 4.74 Å². The molecule has 0 aromatic heterocycles. The van der Waals surface area contributed by atoms with Crippen LogP contribution in [0.2, 0.25) is 0 Å². The van der Waals surface area contributed by atoms with Gasteiger partial charge in [0.1, 0.15) is 22.9 Å². The monoisotopic (exact) mass is 478 g/mol. The van der Waals surface area contributed by atoms with Crippen LogP contribution in [0.4, 0.5) is 17.1 Å². The summed E-state index contributed by atoms with van der Waals surface area (Å²) >= 11 is 0. The Balaban J connectivity index is 1.49. The van der Waals surface area contributed by atoms with Crippen molar-refractivity contribution in [2.24, 2.45) is 0 Å². The van der Waals surface area contributed by atoms with Crippen molar-refractivity contribution in [1.29, 1.82) is 0 Å². The normalized spacial score (nSPS) is 21.0. The summed E-state index contributed by atoms with van der Waals surface area (Å²) in [6, 6.07) is 7.33. The number of anilines is 3. The first-order valence-electron chi connectivity index (χ1n) is 12.0. The molecule has 2 atom stereocenters. The van der Waals surface area contributed by atoms with Crippen molar-refractivity contribution in [3.05, 3.63) is 59.2 Å². The van der Waals surface area contributed by atoms with Crippen molar-refractivity contribution in [2.75, 3.05) is 16.8 Å². The summed E-state index contributed by atoms with van der Waals surface area (Å²) in [5, 5.41) is 33.9. The molecule has 4 N–H and O–H groups in total. The van der Waals surface area contributed by atoms with Crippen LogP contribution in [0, 0.1) is 0 Å². The molecule has 4 rings (SSSR count). The lowest BCUT2D eigenvalue weighted by molar-refractivity contribution is 0.0991. The molecule has 186 valence electrons. The average molecular weight is 479 g/mol. The molecule has 2 aromatic rings. The highest BCUT2D eigenvalue weighted by atomic mass is 16.6. The van der Waals surface area contributed by atoms with Crippen molar-refractivity contribution in [3.63, 3.8) is 0 Å². The van der Waals surface area contributed by atoms with Gasteiger partial charge in [-0.05, 0) is 65.5 Å². The molecule has 1 fully saturated rings. The second-order valence-electron chi connectivity index (χ2n) is 9.93. The number of nitrogens with one attached hydrogen (secondary N) is 1. The lowest BCUT2D eigenvalue weighted by Gasteiger charge is -2.22. The predicted molar refractivity (Wildman–Crippen MR) is 138 cm³/mol. The highest BCUT2D eigenvalue weighted by Gasteiger charge is 2.50. The summed E-state index contributed by atoms with van der Waals surface area (Å²) in [7, 11) is 0. The maximum Gasteiger partial charge on any atom is 0.260 e. The molecule has 1 saturated heterocycles. The zero-order chi connectivity index (χ0) is 25.3. The predicted octanol–water partition coefficient (Wildman–Crippen LogP) is 6.14. The van der Waals surface area contributed by atoms with Crippen LogP contribution in [0.25, 0.3) is 0 Å².